The number of rotatable bonds is 13. The smallest absolute Gasteiger partial charge is 0.179 e. The Morgan fingerprint density at radius 3 is 1.07 bits per heavy atom. The van der Waals surface area contributed by atoms with Gasteiger partial charge in [-0.1, -0.05) is 394 Å². The molecule has 6 aromatic heterocycles. The van der Waals surface area contributed by atoms with Gasteiger partial charge in [0, 0.05) is 110 Å². The highest BCUT2D eigenvalue weighted by Gasteiger charge is 2.47. The predicted octanol–water partition coefficient (Wildman–Crippen LogP) is 23.5. The van der Waals surface area contributed by atoms with Gasteiger partial charge in [-0.3, -0.25) is 18.7 Å². The molecule has 0 N–H and O–H groups in total. The summed E-state index contributed by atoms with van der Waals surface area (Å²) in [4.78, 5) is 30.5. The van der Waals surface area contributed by atoms with E-state index in [2.05, 4.69) is 334 Å². The van der Waals surface area contributed by atoms with E-state index < -0.39 is 29.5 Å². The van der Waals surface area contributed by atoms with Crippen molar-refractivity contribution in [2.45, 2.75) is 65.7 Å². The van der Waals surface area contributed by atoms with Crippen LogP contribution in [0.15, 0.2) is 431 Å². The van der Waals surface area contributed by atoms with E-state index in [0.717, 1.165) is 204 Å². The van der Waals surface area contributed by atoms with E-state index in [9.17, 15) is 0 Å². The molecule has 9 heterocycles. The van der Waals surface area contributed by atoms with Gasteiger partial charge in [0.15, 0.2) is 29.5 Å². The Hall–Kier alpha value is -15.2. The van der Waals surface area contributed by atoms with Crippen LogP contribution >= 0.6 is 32.8 Å². The SMILES string of the molecule is CC(C)(C)c1nc2c(-c3ccc(-c4ccc5ccc6cccnc6c5n4)cc3)ccc3c2n1-c1ccccc1P3(=O)c1ccccc1.CC(C)(C)c1nc2c(-c3ccc(-c4nc5ccccc5s4)cc3)ccc3c2n1-c1ccccc1P3(=O)c1ccccc1.CCc1nc2c(-c3ccc([Si](c4ccccc4)(c4ccccc4)c4ccccc4)cc3)ccc3c2n1-c1ccccc1P3(=O)c1ccccc1. The highest BCUT2D eigenvalue weighted by atomic mass is 32.1. The van der Waals surface area contributed by atoms with Gasteiger partial charge in [0.25, 0.3) is 0 Å². The van der Waals surface area contributed by atoms with Gasteiger partial charge < -0.3 is 13.7 Å². The van der Waals surface area contributed by atoms with Gasteiger partial charge in [0.05, 0.1) is 77.1 Å². The Labute approximate surface area is 812 Å². The second-order valence-electron chi connectivity index (χ2n) is 38.0. The number of nitrogens with zero attached hydrogens (tertiary/aromatic N) is 9. The molecular weight excluding hydrogens is 1790 g/mol. The summed E-state index contributed by atoms with van der Waals surface area (Å²) in [6, 6.07) is 147. The lowest BCUT2D eigenvalue weighted by molar-refractivity contribution is 0.539. The maximum Gasteiger partial charge on any atom is 0.179 e. The normalized spacial score (nSPS) is 15.6. The summed E-state index contributed by atoms with van der Waals surface area (Å²) in [5.74, 6) is 2.88. The van der Waals surface area contributed by atoms with Crippen LogP contribution in [-0.2, 0) is 30.9 Å². The van der Waals surface area contributed by atoms with Crippen LogP contribution in [0, 0.1) is 0 Å². The number of thiazole rings is 1. The molecule has 3 unspecified atom stereocenters. The first-order valence-electron chi connectivity index (χ1n) is 47.3. The van der Waals surface area contributed by atoms with Gasteiger partial charge in [-0.25, -0.2) is 24.9 Å². The van der Waals surface area contributed by atoms with Gasteiger partial charge >= 0.3 is 0 Å². The molecule has 0 fully saturated rings. The third-order valence-corrected chi connectivity index (χ3v) is 43.0. The third-order valence-electron chi connectivity index (χ3n) is 27.7. The molecule has 0 aliphatic carbocycles. The average molecular weight is 1890 g/mol. The molecule has 0 amide bonds. The van der Waals surface area contributed by atoms with Gasteiger partial charge in [0.2, 0.25) is 0 Å². The summed E-state index contributed by atoms with van der Waals surface area (Å²) in [7, 11) is -12.1. The van der Waals surface area contributed by atoms with Crippen molar-refractivity contribution in [1.82, 2.24) is 43.6 Å². The van der Waals surface area contributed by atoms with E-state index in [0.29, 0.717) is 0 Å². The van der Waals surface area contributed by atoms with Gasteiger partial charge in [-0.2, -0.15) is 0 Å². The van der Waals surface area contributed by atoms with E-state index in [1.165, 1.54) is 25.4 Å². The lowest BCUT2D eigenvalue weighted by Crippen LogP contribution is -2.74. The molecule has 17 heteroatoms. The van der Waals surface area contributed by atoms with E-state index in [4.69, 9.17) is 24.9 Å². The van der Waals surface area contributed by atoms with Crippen molar-refractivity contribution >= 4 is 174 Å². The van der Waals surface area contributed by atoms with Crippen molar-refractivity contribution < 1.29 is 13.7 Å². The molecular formula is C122H94N9O3P3SSi. The first kappa shape index (κ1) is 86.6. The standard InChI is InChI=1S/C45H35N2OPSi.C41H31N4OP.C36H28N3OPS/c1-2-43-46-44-39(31-32-42-45(44)47(43)40-25-15-16-26-41(40)49(42,48)34-17-7-3-8-18-34)33-27-29-38(30-28-33)50(35-19-9-4-10-20-35,36-21-11-5-12-22-36)37-23-13-6-14-24-37;1-41(2,3)40-44-38-31(22-24-35-39(38)45(40)33-13-7-8-14-34(33)47(35,46)30-11-5-4-6-12-30)26-15-17-27(18-16-26)32-23-21-29-20-19-28-10-9-25-42-36(28)37(29)43-32;1-36(2,3)35-38-32-26(23-17-19-24(20-18-23)34-37-27-13-7-10-16-31(27)42-34)21-22-30-33(32)39(35)28-14-8-9-15-29(28)41(30,40)25-11-5-4-6-12-25/h3-32H,2H2,1H3;4-25H,1-3H3;4-22H,1-3H3. The van der Waals surface area contributed by atoms with Crippen molar-refractivity contribution in [1.29, 1.82) is 0 Å². The molecule has 0 saturated carbocycles. The van der Waals surface area contributed by atoms with Gasteiger partial charge in [0.1, 0.15) is 22.5 Å². The highest BCUT2D eigenvalue weighted by Crippen LogP contribution is 2.55. The number of para-hydroxylation sites is 4. The van der Waals surface area contributed by atoms with Crippen LogP contribution in [0.3, 0.4) is 0 Å². The van der Waals surface area contributed by atoms with Crippen LogP contribution in [0.5, 0.6) is 0 Å². The maximum atomic E-state index is 15.5. The van der Waals surface area contributed by atoms with Crippen molar-refractivity contribution in [2.75, 3.05) is 0 Å². The monoisotopic (exact) mass is 1890 g/mol. The number of hydrogen-bond donors (Lipinski definition) is 0. The number of hydrogen-bond acceptors (Lipinski definition) is 10. The zero-order valence-electron chi connectivity index (χ0n) is 77.7. The van der Waals surface area contributed by atoms with Crippen molar-refractivity contribution in [3.8, 4) is 72.3 Å². The maximum absolute atomic E-state index is 15.5. The van der Waals surface area contributed by atoms with Crippen LogP contribution in [0.1, 0.15) is 65.9 Å². The highest BCUT2D eigenvalue weighted by molar-refractivity contribution is 7.87. The summed E-state index contributed by atoms with van der Waals surface area (Å²) >= 11 is 1.71. The number of imidazole rings is 3. The quantitative estimate of drug-likeness (QED) is 0.0477. The molecule has 12 nitrogen and oxygen atoms in total. The molecule has 17 aromatic carbocycles. The van der Waals surface area contributed by atoms with Crippen LogP contribution in [0.4, 0.5) is 0 Å². The molecule has 3 aliphatic rings. The molecule has 0 saturated heterocycles. The molecule has 139 heavy (non-hydrogen) atoms. The number of aromatic nitrogens is 9. The second-order valence-corrected chi connectivity index (χ2v) is 51.0. The zero-order chi connectivity index (χ0) is 94.3. The Balaban J connectivity index is 0.000000114. The fraction of sp³-hybridized carbons (Fsp3) is 0.0820. The first-order chi connectivity index (χ1) is 67.8. The van der Waals surface area contributed by atoms with E-state index in [1.54, 1.807) is 11.3 Å². The third kappa shape index (κ3) is 13.9. The summed E-state index contributed by atoms with van der Waals surface area (Å²) in [6.07, 6.45) is 2.58. The van der Waals surface area contributed by atoms with Gasteiger partial charge in [-0.15, -0.1) is 11.3 Å². The molecule has 0 bridgehead atoms. The number of pyridine rings is 2. The van der Waals surface area contributed by atoms with Crippen LogP contribution in [0.25, 0.3) is 137 Å². The van der Waals surface area contributed by atoms with E-state index in [1.807, 2.05) is 164 Å². The average Bonchev–Trinajstić information content (AvgIpc) is 1.58. The van der Waals surface area contributed by atoms with Crippen molar-refractivity contribution in [3.63, 3.8) is 0 Å². The summed E-state index contributed by atoms with van der Waals surface area (Å²) in [5, 5.41) is 16.2. The summed E-state index contributed by atoms with van der Waals surface area (Å²) in [6.45, 7) is 15.3. The lowest BCUT2D eigenvalue weighted by atomic mass is 9.95. The lowest BCUT2D eigenvalue weighted by Gasteiger charge is -2.34. The molecule has 0 radical (unpaired) electrons. The summed E-state index contributed by atoms with van der Waals surface area (Å²) in [5.41, 5.74) is 20.0. The fourth-order valence-corrected chi connectivity index (χ4v) is 36.0. The Morgan fingerprint density at radius 2 is 0.640 bits per heavy atom. The minimum absolute atomic E-state index is 0.231. The van der Waals surface area contributed by atoms with Crippen molar-refractivity contribution in [3.05, 3.63) is 448 Å². The fourth-order valence-electron chi connectivity index (χ4n) is 21.3. The molecule has 0 spiro atoms. The van der Waals surface area contributed by atoms with Gasteiger partial charge in [-0.05, 0) is 116 Å². The minimum atomic E-state index is -3.17. The molecule has 3 aliphatic heterocycles. The Morgan fingerprint density at radius 1 is 0.288 bits per heavy atom. The molecule has 3 atom stereocenters. The van der Waals surface area contributed by atoms with Crippen LogP contribution in [0.2, 0.25) is 0 Å². The van der Waals surface area contributed by atoms with Crippen LogP contribution in [-0.4, -0.2) is 51.7 Å². The number of fused-ring (bicyclic) bond motifs is 10. The molecule has 670 valence electrons. The van der Waals surface area contributed by atoms with E-state index in [-0.39, 0.29) is 10.8 Å². The number of benzene rings is 17. The Bertz CT molecular complexity index is 8840. The summed E-state index contributed by atoms with van der Waals surface area (Å²) < 4.78 is 54.4. The zero-order valence-corrected chi connectivity index (χ0v) is 82.2. The first-order valence-corrected chi connectivity index (χ1v) is 55.2. The topological polar surface area (TPSA) is 143 Å². The largest absolute Gasteiger partial charge is 0.308 e. The minimum Gasteiger partial charge on any atom is -0.308 e. The van der Waals surface area contributed by atoms with E-state index >= 15 is 13.7 Å². The molecule has 26 rings (SSSR count). The predicted molar refractivity (Wildman–Crippen MR) is 583 cm³/mol. The van der Waals surface area contributed by atoms with Crippen LogP contribution < -0.4 is 68.5 Å². The van der Waals surface area contributed by atoms with Crippen molar-refractivity contribution in [2.24, 2.45) is 0 Å². The molecule has 23 aromatic rings. The number of aryl methyl sites for hydroxylation is 1. The second kappa shape index (κ2) is 33.9. The Kier molecular flexibility index (Phi) is 21.1.